The first-order valence-electron chi connectivity index (χ1n) is 6.91. The van der Waals surface area contributed by atoms with Gasteiger partial charge in [-0.25, -0.2) is 0 Å². The van der Waals surface area contributed by atoms with Crippen LogP contribution in [0.25, 0.3) is 0 Å². The van der Waals surface area contributed by atoms with Gasteiger partial charge in [0.1, 0.15) is 11.4 Å². The maximum absolute atomic E-state index is 11.1. The van der Waals surface area contributed by atoms with E-state index in [1.165, 1.54) is 6.07 Å². The van der Waals surface area contributed by atoms with Gasteiger partial charge in [0.05, 0.1) is 23.7 Å². The van der Waals surface area contributed by atoms with Gasteiger partial charge in [-0.1, -0.05) is 13.8 Å². The Bertz CT molecular complexity index is 535. The molecule has 0 amide bonds. The molecule has 0 fully saturated rings. The van der Waals surface area contributed by atoms with Crippen LogP contribution >= 0.6 is 0 Å². The van der Waals surface area contributed by atoms with E-state index < -0.39 is 4.92 Å². The van der Waals surface area contributed by atoms with Crippen LogP contribution < -0.4 is 10.1 Å². The van der Waals surface area contributed by atoms with Crippen LogP contribution in [0.15, 0.2) is 18.2 Å². The third-order valence-corrected chi connectivity index (χ3v) is 3.15. The molecule has 0 bridgehead atoms. The molecule has 6 nitrogen and oxygen atoms in total. The Balaban J connectivity index is 2.83. The number of hydrogen-bond acceptors (Lipinski definition) is 5. The van der Waals surface area contributed by atoms with Crippen molar-refractivity contribution in [3.8, 4) is 11.8 Å². The highest BCUT2D eigenvalue weighted by Gasteiger charge is 2.20. The Morgan fingerprint density at radius 1 is 1.48 bits per heavy atom. The highest BCUT2D eigenvalue weighted by molar-refractivity contribution is 5.64. The third-order valence-electron chi connectivity index (χ3n) is 3.15. The predicted octanol–water partition coefficient (Wildman–Crippen LogP) is 3.74. The van der Waals surface area contributed by atoms with Crippen LogP contribution in [-0.2, 0) is 0 Å². The summed E-state index contributed by atoms with van der Waals surface area (Å²) in [7, 11) is 0. The van der Waals surface area contributed by atoms with E-state index in [-0.39, 0.29) is 11.1 Å². The highest BCUT2D eigenvalue weighted by Crippen LogP contribution is 2.31. The smallest absolute Gasteiger partial charge is 0.296 e. The van der Waals surface area contributed by atoms with Gasteiger partial charge in [0.2, 0.25) is 0 Å². The Labute approximate surface area is 124 Å². The topological polar surface area (TPSA) is 88.2 Å². The van der Waals surface area contributed by atoms with Gasteiger partial charge in [0.15, 0.2) is 0 Å². The second-order valence-electron chi connectivity index (χ2n) is 5.54. The molecule has 0 atom stereocenters. The van der Waals surface area contributed by atoms with Crippen molar-refractivity contribution in [1.29, 1.82) is 5.26 Å². The molecule has 0 aromatic heterocycles. The third kappa shape index (κ3) is 5.30. The molecule has 21 heavy (non-hydrogen) atoms. The van der Waals surface area contributed by atoms with Crippen molar-refractivity contribution >= 4 is 11.4 Å². The quantitative estimate of drug-likeness (QED) is 0.582. The molecule has 0 aliphatic heterocycles. The van der Waals surface area contributed by atoms with Crippen LogP contribution in [0.3, 0.4) is 0 Å². The van der Waals surface area contributed by atoms with Gasteiger partial charge >= 0.3 is 0 Å². The highest BCUT2D eigenvalue weighted by atomic mass is 16.6. The van der Waals surface area contributed by atoms with Crippen LogP contribution in [0.2, 0.25) is 0 Å². The lowest BCUT2D eigenvalue weighted by Crippen LogP contribution is -2.23. The Morgan fingerprint density at radius 2 is 2.19 bits per heavy atom. The number of nitriles is 1. The van der Waals surface area contributed by atoms with E-state index in [0.717, 1.165) is 6.42 Å². The molecule has 0 saturated heterocycles. The van der Waals surface area contributed by atoms with E-state index in [9.17, 15) is 10.1 Å². The lowest BCUT2D eigenvalue weighted by Gasteiger charge is -2.24. The van der Waals surface area contributed by atoms with Gasteiger partial charge in [0, 0.05) is 13.0 Å². The number of benzene rings is 1. The largest absolute Gasteiger partial charge is 0.494 e. The van der Waals surface area contributed by atoms with Gasteiger partial charge in [-0.05, 0) is 30.9 Å². The predicted molar refractivity (Wildman–Crippen MR) is 81.4 cm³/mol. The average molecular weight is 291 g/mol. The summed E-state index contributed by atoms with van der Waals surface area (Å²) in [4.78, 5) is 10.7. The van der Waals surface area contributed by atoms with Crippen LogP contribution in [0.4, 0.5) is 11.4 Å². The molecule has 0 saturated carbocycles. The molecule has 1 aromatic rings. The molecule has 1 N–H and O–H groups in total. The van der Waals surface area contributed by atoms with Gasteiger partial charge in [0.25, 0.3) is 5.69 Å². The Hall–Kier alpha value is -2.29. The zero-order chi connectivity index (χ0) is 15.9. The fourth-order valence-electron chi connectivity index (χ4n) is 1.89. The van der Waals surface area contributed by atoms with Gasteiger partial charge in [-0.15, -0.1) is 0 Å². The molecule has 0 aliphatic carbocycles. The Morgan fingerprint density at radius 3 is 2.76 bits per heavy atom. The van der Waals surface area contributed by atoms with Crippen LogP contribution in [-0.4, -0.2) is 18.1 Å². The minimum absolute atomic E-state index is 0.00275. The van der Waals surface area contributed by atoms with E-state index in [0.29, 0.717) is 31.0 Å². The second-order valence-corrected chi connectivity index (χ2v) is 5.54. The normalized spacial score (nSPS) is 10.8. The number of nitrogens with one attached hydrogen (secondary N) is 1. The summed E-state index contributed by atoms with van der Waals surface area (Å²) in [5.41, 5.74) is 0.355. The lowest BCUT2D eigenvalue weighted by molar-refractivity contribution is -0.384. The molecule has 0 spiro atoms. The van der Waals surface area contributed by atoms with Gasteiger partial charge in [-0.2, -0.15) is 5.26 Å². The lowest BCUT2D eigenvalue weighted by atomic mass is 9.88. The fraction of sp³-hybridized carbons (Fsp3) is 0.533. The molecule has 0 radical (unpaired) electrons. The van der Waals surface area contributed by atoms with E-state index in [1.807, 2.05) is 20.8 Å². The standard InChI is InChI=1S/C15H21N3O3/c1-4-21-12-6-7-13(14(10-12)18(19)20)17-11-15(2,3)8-5-9-16/h6-7,10,17H,4-5,8,11H2,1-3H3. The number of nitro groups is 1. The van der Waals surface area contributed by atoms with Crippen LogP contribution in [0.1, 0.15) is 33.6 Å². The summed E-state index contributed by atoms with van der Waals surface area (Å²) in [5, 5.41) is 22.9. The minimum Gasteiger partial charge on any atom is -0.494 e. The van der Waals surface area contributed by atoms with Gasteiger partial charge in [-0.3, -0.25) is 10.1 Å². The summed E-state index contributed by atoms with van der Waals surface area (Å²) < 4.78 is 5.28. The zero-order valence-electron chi connectivity index (χ0n) is 12.7. The summed E-state index contributed by atoms with van der Waals surface area (Å²) in [6, 6.07) is 6.91. The molecule has 114 valence electrons. The van der Waals surface area contributed by atoms with E-state index in [4.69, 9.17) is 10.00 Å². The van der Waals surface area contributed by atoms with Crippen molar-refractivity contribution in [2.45, 2.75) is 33.6 Å². The molecular weight excluding hydrogens is 270 g/mol. The maximum Gasteiger partial charge on any atom is 0.296 e. The first-order valence-corrected chi connectivity index (χ1v) is 6.91. The van der Waals surface area contributed by atoms with E-state index in [2.05, 4.69) is 11.4 Å². The number of nitro benzene ring substituents is 1. The van der Waals surface area contributed by atoms with Crippen molar-refractivity contribution in [3.05, 3.63) is 28.3 Å². The Kier molecular flexibility index (Phi) is 5.97. The number of rotatable bonds is 8. The van der Waals surface area contributed by atoms with Crippen LogP contribution in [0.5, 0.6) is 5.75 Å². The molecule has 1 aromatic carbocycles. The summed E-state index contributed by atoms with van der Waals surface area (Å²) in [6.07, 6.45) is 1.21. The van der Waals surface area contributed by atoms with Crippen molar-refractivity contribution in [1.82, 2.24) is 0 Å². The van der Waals surface area contributed by atoms with Crippen molar-refractivity contribution in [2.24, 2.45) is 5.41 Å². The SMILES string of the molecule is CCOc1ccc(NCC(C)(C)CCC#N)c([N+](=O)[O-])c1. The number of hydrogen-bond donors (Lipinski definition) is 1. The average Bonchev–Trinajstić information content (AvgIpc) is 2.44. The summed E-state index contributed by atoms with van der Waals surface area (Å²) >= 11 is 0. The molecule has 0 unspecified atom stereocenters. The number of nitrogens with zero attached hydrogens (tertiary/aromatic N) is 2. The van der Waals surface area contributed by atoms with Crippen molar-refractivity contribution < 1.29 is 9.66 Å². The van der Waals surface area contributed by atoms with E-state index >= 15 is 0 Å². The summed E-state index contributed by atoms with van der Waals surface area (Å²) in [6.45, 7) is 6.90. The fourth-order valence-corrected chi connectivity index (χ4v) is 1.89. The zero-order valence-corrected chi connectivity index (χ0v) is 12.7. The minimum atomic E-state index is -0.423. The number of anilines is 1. The van der Waals surface area contributed by atoms with Crippen molar-refractivity contribution in [2.75, 3.05) is 18.5 Å². The molecule has 0 heterocycles. The molecular formula is C15H21N3O3. The first kappa shape index (κ1) is 16.8. The molecule has 1 rings (SSSR count). The van der Waals surface area contributed by atoms with Crippen molar-refractivity contribution in [3.63, 3.8) is 0 Å². The summed E-state index contributed by atoms with van der Waals surface area (Å²) in [5.74, 6) is 0.485. The maximum atomic E-state index is 11.1. The molecule has 6 heteroatoms. The molecule has 0 aliphatic rings. The van der Waals surface area contributed by atoms with E-state index in [1.54, 1.807) is 12.1 Å². The number of ether oxygens (including phenoxy) is 1. The first-order chi connectivity index (χ1) is 9.89. The van der Waals surface area contributed by atoms with Gasteiger partial charge < -0.3 is 10.1 Å². The monoisotopic (exact) mass is 291 g/mol. The van der Waals surface area contributed by atoms with Crippen LogP contribution in [0, 0.1) is 26.9 Å². The second kappa shape index (κ2) is 7.48.